The van der Waals surface area contributed by atoms with Gasteiger partial charge in [-0.1, -0.05) is 48.0 Å². The predicted octanol–water partition coefficient (Wildman–Crippen LogP) is 6.05. The molecule has 0 bridgehead atoms. The van der Waals surface area contributed by atoms with Gasteiger partial charge < -0.3 is 19.8 Å². The summed E-state index contributed by atoms with van der Waals surface area (Å²) in [5.74, 6) is 0.720. The molecule has 1 heterocycles. The van der Waals surface area contributed by atoms with Crippen LogP contribution in [0.4, 0.5) is 5.69 Å². The molecule has 0 atom stereocenters. The molecular formula is C28H28N4O3S. The van der Waals surface area contributed by atoms with Gasteiger partial charge in [-0.3, -0.25) is 4.79 Å². The van der Waals surface area contributed by atoms with Gasteiger partial charge in [-0.05, 0) is 73.4 Å². The molecule has 36 heavy (non-hydrogen) atoms. The van der Waals surface area contributed by atoms with Gasteiger partial charge in [-0.2, -0.15) is 5.10 Å². The van der Waals surface area contributed by atoms with Gasteiger partial charge in [0.1, 0.15) is 0 Å². The highest BCUT2D eigenvalue weighted by Crippen LogP contribution is 2.28. The molecule has 0 saturated carbocycles. The summed E-state index contributed by atoms with van der Waals surface area (Å²) in [7, 11) is 1.55. The number of H-pyrrole nitrogens is 1. The van der Waals surface area contributed by atoms with Crippen molar-refractivity contribution in [1.82, 2.24) is 9.66 Å². The first-order valence-electron chi connectivity index (χ1n) is 11.4. The summed E-state index contributed by atoms with van der Waals surface area (Å²) in [6, 6.07) is 19.4. The normalized spacial score (nSPS) is 11.0. The van der Waals surface area contributed by atoms with E-state index in [1.807, 2.05) is 75.5 Å². The summed E-state index contributed by atoms with van der Waals surface area (Å²) >= 11 is 5.40. The van der Waals surface area contributed by atoms with E-state index in [4.69, 9.17) is 21.7 Å². The van der Waals surface area contributed by atoms with E-state index in [-0.39, 0.29) is 12.5 Å². The SMILES string of the molecule is COc1cc(/C=N/n2cc(-c3ccccc3)[nH]c2=S)ccc1OCC(=O)Nc1c(C)cc(C)cc1C. The standard InChI is InChI=1S/C28H28N4O3S/c1-18-12-19(2)27(20(3)13-18)31-26(33)17-35-24-11-10-21(14-25(24)34-4)15-29-32-16-23(30-28(32)36)22-8-6-5-7-9-22/h5-16H,17H2,1-4H3,(H,30,36)(H,31,33)/b29-15+. The molecule has 0 fully saturated rings. The summed E-state index contributed by atoms with van der Waals surface area (Å²) in [5.41, 5.74) is 6.69. The van der Waals surface area contributed by atoms with Crippen LogP contribution in [0.15, 0.2) is 72.0 Å². The molecule has 184 valence electrons. The highest BCUT2D eigenvalue weighted by Gasteiger charge is 2.11. The van der Waals surface area contributed by atoms with E-state index in [1.54, 1.807) is 30.1 Å². The topological polar surface area (TPSA) is 80.6 Å². The van der Waals surface area contributed by atoms with Crippen molar-refractivity contribution in [2.75, 3.05) is 19.0 Å². The fraction of sp³-hybridized carbons (Fsp3) is 0.179. The number of ether oxygens (including phenoxy) is 2. The maximum absolute atomic E-state index is 12.5. The zero-order chi connectivity index (χ0) is 25.7. The number of anilines is 1. The molecular weight excluding hydrogens is 472 g/mol. The second-order valence-corrected chi connectivity index (χ2v) is 8.84. The van der Waals surface area contributed by atoms with E-state index in [0.29, 0.717) is 16.3 Å². The van der Waals surface area contributed by atoms with Gasteiger partial charge in [0.25, 0.3) is 5.91 Å². The van der Waals surface area contributed by atoms with Crippen molar-refractivity contribution in [2.24, 2.45) is 5.10 Å². The van der Waals surface area contributed by atoms with Gasteiger partial charge in [-0.15, -0.1) is 0 Å². The number of aromatic amines is 1. The Morgan fingerprint density at radius 3 is 2.47 bits per heavy atom. The Balaban J connectivity index is 1.43. The molecule has 8 heteroatoms. The summed E-state index contributed by atoms with van der Waals surface area (Å²) in [6.45, 7) is 5.84. The fourth-order valence-electron chi connectivity index (χ4n) is 3.94. The maximum atomic E-state index is 12.5. The number of imidazole rings is 1. The van der Waals surface area contributed by atoms with Crippen LogP contribution in [0.5, 0.6) is 11.5 Å². The number of amides is 1. The number of methoxy groups -OCH3 is 1. The van der Waals surface area contributed by atoms with Crippen molar-refractivity contribution < 1.29 is 14.3 Å². The van der Waals surface area contributed by atoms with Gasteiger partial charge in [0.05, 0.1) is 25.2 Å². The van der Waals surface area contributed by atoms with Gasteiger partial charge >= 0.3 is 0 Å². The highest BCUT2D eigenvalue weighted by molar-refractivity contribution is 7.71. The first-order chi connectivity index (χ1) is 17.3. The average Bonchev–Trinajstić information content (AvgIpc) is 3.24. The van der Waals surface area contributed by atoms with Crippen LogP contribution < -0.4 is 14.8 Å². The second-order valence-electron chi connectivity index (χ2n) is 8.45. The number of benzene rings is 3. The van der Waals surface area contributed by atoms with E-state index in [0.717, 1.165) is 39.2 Å². The zero-order valence-electron chi connectivity index (χ0n) is 20.7. The van der Waals surface area contributed by atoms with Crippen molar-refractivity contribution in [1.29, 1.82) is 0 Å². The molecule has 0 unspecified atom stereocenters. The Morgan fingerprint density at radius 2 is 1.78 bits per heavy atom. The lowest BCUT2D eigenvalue weighted by molar-refractivity contribution is -0.118. The summed E-state index contributed by atoms with van der Waals surface area (Å²) in [4.78, 5) is 15.7. The maximum Gasteiger partial charge on any atom is 0.262 e. The number of carbonyl (C=O) groups excluding carboxylic acids is 1. The van der Waals surface area contributed by atoms with Crippen LogP contribution in [0.25, 0.3) is 11.3 Å². The zero-order valence-corrected chi connectivity index (χ0v) is 21.5. The Hall–Kier alpha value is -4.17. The Labute approximate surface area is 215 Å². The van der Waals surface area contributed by atoms with Crippen molar-refractivity contribution in [3.8, 4) is 22.8 Å². The number of hydrogen-bond donors (Lipinski definition) is 2. The molecule has 0 aliphatic heterocycles. The van der Waals surface area contributed by atoms with Crippen molar-refractivity contribution in [2.45, 2.75) is 20.8 Å². The van der Waals surface area contributed by atoms with Crippen LogP contribution in [0.3, 0.4) is 0 Å². The molecule has 0 aliphatic carbocycles. The van der Waals surface area contributed by atoms with E-state index in [9.17, 15) is 4.79 Å². The molecule has 4 aromatic rings. The lowest BCUT2D eigenvalue weighted by Gasteiger charge is -2.14. The molecule has 0 spiro atoms. The summed E-state index contributed by atoms with van der Waals surface area (Å²) in [6.07, 6.45) is 3.53. The van der Waals surface area contributed by atoms with Gasteiger partial charge in [0, 0.05) is 5.69 Å². The number of nitrogens with zero attached hydrogens (tertiary/aromatic N) is 2. The predicted molar refractivity (Wildman–Crippen MR) is 146 cm³/mol. The molecule has 0 aliphatic rings. The van der Waals surface area contributed by atoms with Crippen LogP contribution in [-0.4, -0.2) is 35.5 Å². The minimum atomic E-state index is -0.242. The fourth-order valence-corrected chi connectivity index (χ4v) is 4.15. The minimum Gasteiger partial charge on any atom is -0.493 e. The number of nitrogens with one attached hydrogen (secondary N) is 2. The lowest BCUT2D eigenvalue weighted by atomic mass is 10.1. The Kier molecular flexibility index (Phi) is 7.65. The van der Waals surface area contributed by atoms with E-state index in [1.165, 1.54) is 0 Å². The second kappa shape index (κ2) is 11.0. The van der Waals surface area contributed by atoms with E-state index >= 15 is 0 Å². The molecule has 0 saturated heterocycles. The van der Waals surface area contributed by atoms with Gasteiger partial charge in [0.2, 0.25) is 0 Å². The highest BCUT2D eigenvalue weighted by atomic mass is 32.1. The number of carbonyl (C=O) groups is 1. The van der Waals surface area contributed by atoms with Crippen LogP contribution in [-0.2, 0) is 4.79 Å². The number of aromatic nitrogens is 2. The number of rotatable bonds is 8. The third kappa shape index (κ3) is 5.90. The molecule has 2 N–H and O–H groups in total. The third-order valence-corrected chi connectivity index (χ3v) is 5.89. The monoisotopic (exact) mass is 500 g/mol. The van der Waals surface area contributed by atoms with Gasteiger partial charge in [0.15, 0.2) is 22.9 Å². The molecule has 4 rings (SSSR count). The van der Waals surface area contributed by atoms with E-state index in [2.05, 4.69) is 15.4 Å². The van der Waals surface area contributed by atoms with Crippen LogP contribution in [0.2, 0.25) is 0 Å². The van der Waals surface area contributed by atoms with Crippen molar-refractivity contribution in [3.63, 3.8) is 0 Å². The molecule has 7 nitrogen and oxygen atoms in total. The number of hydrogen-bond acceptors (Lipinski definition) is 5. The largest absolute Gasteiger partial charge is 0.493 e. The van der Waals surface area contributed by atoms with Crippen LogP contribution >= 0.6 is 12.2 Å². The molecule has 1 amide bonds. The average molecular weight is 501 g/mol. The van der Waals surface area contributed by atoms with Crippen LogP contribution in [0.1, 0.15) is 22.3 Å². The van der Waals surface area contributed by atoms with Crippen molar-refractivity contribution in [3.05, 3.63) is 93.9 Å². The first-order valence-corrected chi connectivity index (χ1v) is 11.8. The number of aryl methyl sites for hydroxylation is 3. The smallest absolute Gasteiger partial charge is 0.262 e. The van der Waals surface area contributed by atoms with Crippen LogP contribution in [0, 0.1) is 25.5 Å². The minimum absolute atomic E-state index is 0.142. The summed E-state index contributed by atoms with van der Waals surface area (Å²) in [5, 5.41) is 7.41. The first kappa shape index (κ1) is 24.9. The molecule has 3 aromatic carbocycles. The molecule has 1 aromatic heterocycles. The lowest BCUT2D eigenvalue weighted by Crippen LogP contribution is -2.21. The summed E-state index contributed by atoms with van der Waals surface area (Å²) < 4.78 is 13.3. The van der Waals surface area contributed by atoms with Gasteiger partial charge in [-0.25, -0.2) is 4.68 Å². The third-order valence-electron chi connectivity index (χ3n) is 5.60. The Morgan fingerprint density at radius 1 is 1.06 bits per heavy atom. The molecule has 0 radical (unpaired) electrons. The van der Waals surface area contributed by atoms with Crippen molar-refractivity contribution >= 4 is 30.0 Å². The van der Waals surface area contributed by atoms with E-state index < -0.39 is 0 Å². The quantitative estimate of drug-likeness (QED) is 0.228. The Bertz CT molecular complexity index is 1450.